The average molecular weight is 315 g/mol. The fourth-order valence-electron chi connectivity index (χ4n) is 2.90. The molecule has 0 aromatic heterocycles. The van der Waals surface area contributed by atoms with Crippen molar-refractivity contribution in [1.29, 1.82) is 0 Å². The molecule has 3 N–H and O–H groups in total. The number of thioether (sulfide) groups is 1. The first-order chi connectivity index (χ1) is 9.71. The molecule has 0 aromatic carbocycles. The number of nitrogens with zero attached hydrogens (tertiary/aromatic N) is 2. The lowest BCUT2D eigenvalue weighted by Crippen LogP contribution is -2.53. The van der Waals surface area contributed by atoms with Crippen LogP contribution in [0.15, 0.2) is 0 Å². The molecule has 0 bridgehead atoms. The van der Waals surface area contributed by atoms with Crippen molar-refractivity contribution >= 4 is 23.6 Å². The number of likely N-dealkylation sites (tertiary alicyclic amines) is 1. The van der Waals surface area contributed by atoms with Crippen LogP contribution in [0.4, 0.5) is 0 Å². The number of hydrogen-bond acceptors (Lipinski definition) is 5. The normalized spacial score (nSPS) is 27.5. The van der Waals surface area contributed by atoms with Crippen molar-refractivity contribution in [3.05, 3.63) is 0 Å². The molecule has 2 aliphatic rings. The molecule has 2 amide bonds. The smallest absolute Gasteiger partial charge is 0.241 e. The van der Waals surface area contributed by atoms with Crippen LogP contribution in [-0.2, 0) is 9.59 Å². The first kappa shape index (κ1) is 16.6. The van der Waals surface area contributed by atoms with Crippen LogP contribution < -0.4 is 5.73 Å². The van der Waals surface area contributed by atoms with E-state index in [0.29, 0.717) is 13.1 Å². The van der Waals surface area contributed by atoms with Crippen molar-refractivity contribution < 1.29 is 14.7 Å². The number of carbonyl (C=O) groups excluding carboxylic acids is 2. The first-order valence-electron chi connectivity index (χ1n) is 7.32. The maximum Gasteiger partial charge on any atom is 0.241 e. The first-order valence-corrected chi connectivity index (χ1v) is 8.31. The Balaban J connectivity index is 2.13. The summed E-state index contributed by atoms with van der Waals surface area (Å²) in [6, 6.07) is -0.863. The maximum atomic E-state index is 12.6. The Kier molecular flexibility index (Phi) is 4.56. The number of rotatable bonds is 2. The fraction of sp³-hybridized carbons (Fsp3) is 0.857. The number of hydrogen-bond donors (Lipinski definition) is 2. The van der Waals surface area contributed by atoms with Crippen LogP contribution in [0.25, 0.3) is 0 Å². The van der Waals surface area contributed by atoms with E-state index in [2.05, 4.69) is 0 Å². The largest absolute Gasteiger partial charge is 0.394 e. The van der Waals surface area contributed by atoms with Gasteiger partial charge in [0.1, 0.15) is 10.9 Å². The Bertz CT molecular complexity index is 438. The van der Waals surface area contributed by atoms with Crippen LogP contribution in [-0.4, -0.2) is 69.6 Å². The predicted molar refractivity (Wildman–Crippen MR) is 82.6 cm³/mol. The van der Waals surface area contributed by atoms with Crippen LogP contribution in [0.1, 0.15) is 27.2 Å². The summed E-state index contributed by atoms with van der Waals surface area (Å²) in [6.07, 6.45) is 0.767. The topological polar surface area (TPSA) is 86.9 Å². The molecule has 120 valence electrons. The average Bonchev–Trinajstić information content (AvgIpc) is 3.03. The lowest BCUT2D eigenvalue weighted by molar-refractivity contribution is -0.142. The summed E-state index contributed by atoms with van der Waals surface area (Å²) >= 11 is 1.75. The molecule has 0 aromatic rings. The second-order valence-corrected chi connectivity index (χ2v) is 8.26. The number of nitrogens with two attached hydrogens (primary N) is 1. The summed E-state index contributed by atoms with van der Waals surface area (Å²) in [7, 11) is 0. The summed E-state index contributed by atoms with van der Waals surface area (Å²) in [5.74, 6) is 0.800. The van der Waals surface area contributed by atoms with E-state index in [0.717, 1.165) is 18.7 Å². The minimum Gasteiger partial charge on any atom is -0.394 e. The van der Waals surface area contributed by atoms with Crippen LogP contribution in [0.5, 0.6) is 0 Å². The highest BCUT2D eigenvalue weighted by Crippen LogP contribution is 2.44. The van der Waals surface area contributed by atoms with Gasteiger partial charge in [-0.2, -0.15) is 0 Å². The highest BCUT2D eigenvalue weighted by atomic mass is 32.2. The number of amides is 2. The molecular formula is C14H25N3O3S. The quantitative estimate of drug-likeness (QED) is 0.740. The summed E-state index contributed by atoms with van der Waals surface area (Å²) in [6.45, 7) is 7.25. The van der Waals surface area contributed by atoms with E-state index in [1.807, 2.05) is 25.7 Å². The Morgan fingerprint density at radius 1 is 1.38 bits per heavy atom. The van der Waals surface area contributed by atoms with E-state index in [4.69, 9.17) is 10.8 Å². The van der Waals surface area contributed by atoms with Gasteiger partial charge in [-0.1, -0.05) is 20.8 Å². The van der Waals surface area contributed by atoms with Crippen molar-refractivity contribution in [1.82, 2.24) is 9.80 Å². The van der Waals surface area contributed by atoms with Crippen LogP contribution in [0.3, 0.4) is 0 Å². The summed E-state index contributed by atoms with van der Waals surface area (Å²) < 4.78 is 0. The zero-order valence-electron chi connectivity index (χ0n) is 13.0. The second-order valence-electron chi connectivity index (χ2n) is 6.80. The molecule has 2 saturated heterocycles. The van der Waals surface area contributed by atoms with E-state index in [1.165, 1.54) is 0 Å². The van der Waals surface area contributed by atoms with Gasteiger partial charge >= 0.3 is 0 Å². The monoisotopic (exact) mass is 315 g/mol. The van der Waals surface area contributed by atoms with Gasteiger partial charge in [0.2, 0.25) is 11.8 Å². The van der Waals surface area contributed by atoms with Gasteiger partial charge < -0.3 is 20.6 Å². The predicted octanol–water partition coefficient (Wildman–Crippen LogP) is -0.144. The second kappa shape index (κ2) is 5.78. The highest BCUT2D eigenvalue weighted by molar-refractivity contribution is 8.00. The van der Waals surface area contributed by atoms with Crippen molar-refractivity contribution in [2.45, 2.75) is 38.1 Å². The van der Waals surface area contributed by atoms with Crippen LogP contribution in [0.2, 0.25) is 0 Å². The summed E-state index contributed by atoms with van der Waals surface area (Å²) in [5, 5.41) is 9.03. The van der Waals surface area contributed by atoms with E-state index in [9.17, 15) is 9.59 Å². The molecule has 2 rings (SSSR count). The zero-order valence-corrected chi connectivity index (χ0v) is 13.8. The molecule has 2 atom stereocenters. The third-order valence-electron chi connectivity index (χ3n) is 4.10. The molecule has 2 heterocycles. The van der Waals surface area contributed by atoms with Gasteiger partial charge in [0.05, 0.1) is 13.2 Å². The minimum absolute atomic E-state index is 0.133. The van der Waals surface area contributed by atoms with Crippen molar-refractivity contribution in [2.75, 3.05) is 32.0 Å². The lowest BCUT2D eigenvalue weighted by Gasteiger charge is -2.37. The molecular weight excluding hydrogens is 290 g/mol. The Labute approximate surface area is 130 Å². The molecule has 2 aliphatic heterocycles. The third-order valence-corrected chi connectivity index (χ3v) is 5.58. The number of carbonyl (C=O) groups is 2. The Hall–Kier alpha value is -0.790. The number of aliphatic hydroxyl groups is 1. The van der Waals surface area contributed by atoms with Gasteiger partial charge in [-0.25, -0.2) is 0 Å². The molecule has 21 heavy (non-hydrogen) atoms. The third kappa shape index (κ3) is 3.05. The molecule has 2 fully saturated rings. The molecule has 0 aliphatic carbocycles. The SMILES string of the molecule is CC(C)(C)C(=O)N1CCSC12CCN(C(=O)C(N)CO)C2. The van der Waals surface area contributed by atoms with E-state index >= 15 is 0 Å². The molecule has 2 unspecified atom stereocenters. The molecule has 7 heteroatoms. The molecule has 1 spiro atoms. The highest BCUT2D eigenvalue weighted by Gasteiger charge is 2.51. The maximum absolute atomic E-state index is 12.6. The fourth-order valence-corrected chi connectivity index (χ4v) is 4.37. The number of aliphatic hydroxyl groups excluding tert-OH is 1. The lowest BCUT2D eigenvalue weighted by atomic mass is 9.93. The van der Waals surface area contributed by atoms with Gasteiger partial charge in [0, 0.05) is 24.3 Å². The van der Waals surface area contributed by atoms with Gasteiger partial charge in [0.25, 0.3) is 0 Å². The van der Waals surface area contributed by atoms with Gasteiger partial charge in [-0.05, 0) is 6.42 Å². The minimum atomic E-state index is -0.863. The standard InChI is InChI=1S/C14H25N3O3S/c1-13(2,3)12(20)17-6-7-21-14(17)4-5-16(9-14)11(19)10(15)8-18/h10,18H,4-9,15H2,1-3H3. The van der Waals surface area contributed by atoms with Gasteiger partial charge in [-0.15, -0.1) is 11.8 Å². The van der Waals surface area contributed by atoms with Crippen molar-refractivity contribution in [3.8, 4) is 0 Å². The molecule has 0 radical (unpaired) electrons. The van der Waals surface area contributed by atoms with Crippen molar-refractivity contribution in [3.63, 3.8) is 0 Å². The van der Waals surface area contributed by atoms with Crippen LogP contribution >= 0.6 is 11.8 Å². The zero-order chi connectivity index (χ0) is 15.8. The van der Waals surface area contributed by atoms with Crippen molar-refractivity contribution in [2.24, 2.45) is 11.1 Å². The van der Waals surface area contributed by atoms with E-state index in [-0.39, 0.29) is 23.3 Å². The summed E-state index contributed by atoms with van der Waals surface area (Å²) in [4.78, 5) is 28.1. The van der Waals surface area contributed by atoms with E-state index in [1.54, 1.807) is 16.7 Å². The van der Waals surface area contributed by atoms with Gasteiger partial charge in [-0.3, -0.25) is 9.59 Å². The molecule has 6 nitrogen and oxygen atoms in total. The Morgan fingerprint density at radius 2 is 2.05 bits per heavy atom. The molecule has 0 saturated carbocycles. The van der Waals surface area contributed by atoms with Gasteiger partial charge in [0.15, 0.2) is 0 Å². The van der Waals surface area contributed by atoms with E-state index < -0.39 is 11.5 Å². The summed E-state index contributed by atoms with van der Waals surface area (Å²) in [5.41, 5.74) is 5.20. The Morgan fingerprint density at radius 3 is 2.62 bits per heavy atom. The van der Waals surface area contributed by atoms with Crippen LogP contribution in [0, 0.1) is 5.41 Å².